The second-order valence-electron chi connectivity index (χ2n) is 10.1. The molecule has 0 spiro atoms. The van der Waals surface area contributed by atoms with Crippen LogP contribution in [0.15, 0.2) is 66.0 Å². The molecule has 0 atom stereocenters. The lowest BCUT2D eigenvalue weighted by atomic mass is 9.97. The van der Waals surface area contributed by atoms with Gasteiger partial charge in [-0.15, -0.1) is 11.3 Å². The number of ether oxygens (including phenoxy) is 1. The maximum absolute atomic E-state index is 12.9. The Morgan fingerprint density at radius 3 is 2.38 bits per heavy atom. The molecular formula is C31H29F3N2O3S. The van der Waals surface area contributed by atoms with Crippen LogP contribution in [0.2, 0.25) is 0 Å². The molecule has 4 aromatic rings. The second kappa shape index (κ2) is 11.3. The zero-order valence-electron chi connectivity index (χ0n) is 22.2. The molecule has 5 nitrogen and oxygen atoms in total. The van der Waals surface area contributed by atoms with E-state index in [1.54, 1.807) is 11.3 Å². The van der Waals surface area contributed by atoms with Crippen molar-refractivity contribution in [2.24, 2.45) is 5.92 Å². The number of carboxylic acids is 1. The summed E-state index contributed by atoms with van der Waals surface area (Å²) < 4.78 is 45.0. The number of hydrogen-bond acceptors (Lipinski definition) is 5. The minimum Gasteiger partial charge on any atom is -0.488 e. The lowest BCUT2D eigenvalue weighted by Gasteiger charge is -2.29. The van der Waals surface area contributed by atoms with Crippen molar-refractivity contribution in [3.05, 3.63) is 88.3 Å². The number of thiazole rings is 1. The van der Waals surface area contributed by atoms with Crippen molar-refractivity contribution in [3.8, 4) is 28.1 Å². The van der Waals surface area contributed by atoms with E-state index in [0.717, 1.165) is 56.3 Å². The quantitative estimate of drug-likeness (QED) is 0.246. The van der Waals surface area contributed by atoms with Gasteiger partial charge in [0.2, 0.25) is 0 Å². The Labute approximate surface area is 234 Å². The molecule has 0 amide bonds. The Bertz CT molecular complexity index is 1510. The summed E-state index contributed by atoms with van der Waals surface area (Å²) in [5.74, 6) is -0.307. The number of aryl methyl sites for hydroxylation is 2. The van der Waals surface area contributed by atoms with Gasteiger partial charge in [-0.25, -0.2) is 4.98 Å². The van der Waals surface area contributed by atoms with Gasteiger partial charge < -0.3 is 14.7 Å². The van der Waals surface area contributed by atoms with E-state index in [2.05, 4.69) is 4.90 Å². The molecule has 0 aliphatic carbocycles. The van der Waals surface area contributed by atoms with Crippen LogP contribution in [0.25, 0.3) is 22.4 Å². The van der Waals surface area contributed by atoms with Crippen LogP contribution in [0.3, 0.4) is 0 Å². The standard InChI is InChI=1S/C31H29F3N2O3S/c1-19-3-10-26(27-18-40-30(35-27)36-13-11-22(12-14-36)29(37)38)28(15-19)39-17-24-5-4-23(16-20(24)2)21-6-8-25(9-7-21)31(32,33)34/h3-10,15-16,18,22H,11-14,17H2,1-2H3,(H,37,38). The summed E-state index contributed by atoms with van der Waals surface area (Å²) >= 11 is 1.54. The number of anilines is 1. The number of piperidine rings is 1. The number of benzene rings is 3. The van der Waals surface area contributed by atoms with E-state index < -0.39 is 17.7 Å². The number of hydrogen-bond donors (Lipinski definition) is 1. The lowest BCUT2D eigenvalue weighted by molar-refractivity contribution is -0.142. The minimum absolute atomic E-state index is 0.291. The van der Waals surface area contributed by atoms with E-state index in [0.29, 0.717) is 38.3 Å². The number of halogens is 3. The van der Waals surface area contributed by atoms with Gasteiger partial charge in [0.25, 0.3) is 0 Å². The molecule has 1 aliphatic heterocycles. The fourth-order valence-electron chi connectivity index (χ4n) is 4.86. The molecule has 9 heteroatoms. The first-order chi connectivity index (χ1) is 19.1. The number of carboxylic acid groups (broad SMARTS) is 1. The van der Waals surface area contributed by atoms with Crippen LogP contribution in [0.1, 0.15) is 35.1 Å². The first kappa shape index (κ1) is 27.7. The minimum atomic E-state index is -4.36. The van der Waals surface area contributed by atoms with E-state index in [1.165, 1.54) is 12.1 Å². The van der Waals surface area contributed by atoms with Crippen molar-refractivity contribution in [2.75, 3.05) is 18.0 Å². The molecule has 40 heavy (non-hydrogen) atoms. The summed E-state index contributed by atoms with van der Waals surface area (Å²) in [6.45, 7) is 5.63. The summed E-state index contributed by atoms with van der Waals surface area (Å²) in [5.41, 5.74) is 5.60. The highest BCUT2D eigenvalue weighted by Crippen LogP contribution is 2.36. The predicted octanol–water partition coefficient (Wildman–Crippen LogP) is 7.99. The number of carbonyl (C=O) groups is 1. The highest BCUT2D eigenvalue weighted by Gasteiger charge is 2.30. The third kappa shape index (κ3) is 6.14. The molecule has 1 fully saturated rings. The summed E-state index contributed by atoms with van der Waals surface area (Å²) in [7, 11) is 0. The lowest BCUT2D eigenvalue weighted by Crippen LogP contribution is -2.36. The number of alkyl halides is 3. The number of rotatable bonds is 7. The van der Waals surface area contributed by atoms with E-state index >= 15 is 0 Å². The highest BCUT2D eigenvalue weighted by molar-refractivity contribution is 7.14. The fraction of sp³-hybridized carbons (Fsp3) is 0.290. The molecule has 1 saturated heterocycles. The molecule has 0 saturated carbocycles. The molecule has 208 valence electrons. The first-order valence-corrected chi connectivity index (χ1v) is 13.9. The average Bonchev–Trinajstić information content (AvgIpc) is 3.42. The molecule has 5 rings (SSSR count). The number of aliphatic carboxylic acids is 1. The van der Waals surface area contributed by atoms with Crippen molar-refractivity contribution in [1.82, 2.24) is 4.98 Å². The summed E-state index contributed by atoms with van der Waals surface area (Å²) in [6, 6.07) is 17.0. The van der Waals surface area contributed by atoms with E-state index in [-0.39, 0.29) is 5.92 Å². The van der Waals surface area contributed by atoms with Gasteiger partial charge in [0.1, 0.15) is 12.4 Å². The molecule has 3 aromatic carbocycles. The van der Waals surface area contributed by atoms with E-state index in [4.69, 9.17) is 9.72 Å². The van der Waals surface area contributed by atoms with Crippen molar-refractivity contribution < 1.29 is 27.8 Å². The Morgan fingerprint density at radius 2 is 1.73 bits per heavy atom. The van der Waals surface area contributed by atoms with Crippen LogP contribution < -0.4 is 9.64 Å². The van der Waals surface area contributed by atoms with Gasteiger partial charge in [0, 0.05) is 24.0 Å². The fourth-order valence-corrected chi connectivity index (χ4v) is 5.74. The average molecular weight is 567 g/mol. The Hall–Kier alpha value is -3.85. The molecule has 0 bridgehead atoms. The van der Waals surface area contributed by atoms with Gasteiger partial charge in [-0.2, -0.15) is 13.2 Å². The van der Waals surface area contributed by atoms with E-state index in [9.17, 15) is 23.1 Å². The van der Waals surface area contributed by atoms with Gasteiger partial charge in [0.05, 0.1) is 17.2 Å². The summed E-state index contributed by atoms with van der Waals surface area (Å²) in [5, 5.41) is 12.1. The molecule has 2 heterocycles. The highest BCUT2D eigenvalue weighted by atomic mass is 32.1. The predicted molar refractivity (Wildman–Crippen MR) is 151 cm³/mol. The van der Waals surface area contributed by atoms with Crippen LogP contribution in [0.4, 0.5) is 18.3 Å². The van der Waals surface area contributed by atoms with Gasteiger partial charge in [-0.1, -0.05) is 36.4 Å². The van der Waals surface area contributed by atoms with Crippen LogP contribution in [-0.2, 0) is 17.6 Å². The third-order valence-corrected chi connectivity index (χ3v) is 8.19. The van der Waals surface area contributed by atoms with Gasteiger partial charge in [0.15, 0.2) is 5.13 Å². The molecule has 0 radical (unpaired) electrons. The number of nitrogens with zero attached hydrogens (tertiary/aromatic N) is 2. The number of aromatic nitrogens is 1. The molecule has 1 aliphatic rings. The van der Waals surface area contributed by atoms with Crippen LogP contribution >= 0.6 is 11.3 Å². The monoisotopic (exact) mass is 566 g/mol. The maximum Gasteiger partial charge on any atom is 0.416 e. The Kier molecular flexibility index (Phi) is 7.85. The van der Waals surface area contributed by atoms with Crippen molar-refractivity contribution in [3.63, 3.8) is 0 Å². The van der Waals surface area contributed by atoms with Gasteiger partial charge in [-0.05, 0) is 78.8 Å². The van der Waals surface area contributed by atoms with E-state index in [1.807, 2.05) is 55.6 Å². The van der Waals surface area contributed by atoms with Crippen molar-refractivity contribution in [2.45, 2.75) is 39.5 Å². The largest absolute Gasteiger partial charge is 0.488 e. The summed E-state index contributed by atoms with van der Waals surface area (Å²) in [4.78, 5) is 18.3. The normalized spacial score (nSPS) is 14.4. The maximum atomic E-state index is 12.9. The Morgan fingerprint density at radius 1 is 1.02 bits per heavy atom. The topological polar surface area (TPSA) is 62.7 Å². The molecule has 1 N–H and O–H groups in total. The third-order valence-electron chi connectivity index (χ3n) is 7.29. The molecule has 0 unspecified atom stereocenters. The van der Waals surface area contributed by atoms with Crippen LogP contribution in [0, 0.1) is 19.8 Å². The van der Waals surface area contributed by atoms with Crippen molar-refractivity contribution >= 4 is 22.4 Å². The first-order valence-electron chi connectivity index (χ1n) is 13.0. The zero-order valence-corrected chi connectivity index (χ0v) is 23.0. The zero-order chi connectivity index (χ0) is 28.4. The Balaban J connectivity index is 1.30. The van der Waals surface area contributed by atoms with Crippen molar-refractivity contribution in [1.29, 1.82) is 0 Å². The van der Waals surface area contributed by atoms with Crippen LogP contribution in [0.5, 0.6) is 5.75 Å². The molecule has 1 aromatic heterocycles. The van der Waals surface area contributed by atoms with Gasteiger partial charge >= 0.3 is 12.1 Å². The molecular weight excluding hydrogens is 537 g/mol. The second-order valence-corrected chi connectivity index (χ2v) is 11.0. The summed E-state index contributed by atoms with van der Waals surface area (Å²) in [6.07, 6.45) is -3.14. The van der Waals surface area contributed by atoms with Gasteiger partial charge in [-0.3, -0.25) is 4.79 Å². The smallest absolute Gasteiger partial charge is 0.416 e. The SMILES string of the molecule is Cc1ccc(-c2csc(N3CCC(C(=O)O)CC3)n2)c(OCc2ccc(-c3ccc(C(F)(F)F)cc3)cc2C)c1. The van der Waals surface area contributed by atoms with Crippen LogP contribution in [-0.4, -0.2) is 29.1 Å².